The van der Waals surface area contributed by atoms with Gasteiger partial charge in [-0.05, 0) is 18.6 Å². The monoisotopic (exact) mass is 358 g/mol. The van der Waals surface area contributed by atoms with Gasteiger partial charge in [0, 0.05) is 17.9 Å². The summed E-state index contributed by atoms with van der Waals surface area (Å²) in [5, 5.41) is 19.8. The van der Waals surface area contributed by atoms with E-state index in [4.69, 9.17) is 9.26 Å². The molecule has 1 aromatic carbocycles. The fourth-order valence-corrected chi connectivity index (χ4v) is 4.24. The highest BCUT2D eigenvalue weighted by atomic mass is 31.2. The van der Waals surface area contributed by atoms with Crippen LogP contribution < -0.4 is 5.30 Å². The van der Waals surface area contributed by atoms with Gasteiger partial charge in [0.05, 0.1) is 6.42 Å². The molecule has 0 aliphatic carbocycles. The van der Waals surface area contributed by atoms with Crippen LogP contribution in [0.2, 0.25) is 0 Å². The standard InChI is InChI=1S/C17H27O6P/c1-3-8-15(18)22-16(19)12-13-24(21,23-17(20)9-4-2)14-10-6-5-7-11-14/h5-7,10-11,15,17-18,20H,3-4,8-9,12-13H2,1-2H3. The van der Waals surface area contributed by atoms with Crippen molar-refractivity contribution in [2.24, 2.45) is 0 Å². The van der Waals surface area contributed by atoms with Crippen LogP contribution in [0.3, 0.4) is 0 Å². The highest BCUT2D eigenvalue weighted by molar-refractivity contribution is 7.67. The maximum absolute atomic E-state index is 13.2. The molecule has 0 radical (unpaired) electrons. The van der Waals surface area contributed by atoms with Crippen LogP contribution in [0.5, 0.6) is 0 Å². The number of rotatable bonds is 11. The molecule has 0 spiro atoms. The Labute approximate surface area is 143 Å². The Morgan fingerprint density at radius 3 is 2.25 bits per heavy atom. The zero-order chi connectivity index (χ0) is 18.0. The van der Waals surface area contributed by atoms with Gasteiger partial charge in [-0.25, -0.2) is 0 Å². The van der Waals surface area contributed by atoms with Gasteiger partial charge in [0.2, 0.25) is 13.7 Å². The fourth-order valence-electron chi connectivity index (χ4n) is 2.15. The Balaban J connectivity index is 2.76. The van der Waals surface area contributed by atoms with Crippen molar-refractivity contribution in [2.45, 2.75) is 58.5 Å². The van der Waals surface area contributed by atoms with Crippen molar-refractivity contribution < 1.29 is 28.8 Å². The van der Waals surface area contributed by atoms with Crippen molar-refractivity contribution in [2.75, 3.05) is 6.16 Å². The van der Waals surface area contributed by atoms with Gasteiger partial charge in [-0.1, -0.05) is 44.9 Å². The Bertz CT molecular complexity index is 533. The number of carbonyl (C=O) groups is 1. The van der Waals surface area contributed by atoms with E-state index >= 15 is 0 Å². The zero-order valence-electron chi connectivity index (χ0n) is 14.3. The molecule has 0 aliphatic heterocycles. The van der Waals surface area contributed by atoms with Crippen molar-refractivity contribution in [1.82, 2.24) is 0 Å². The number of carbonyl (C=O) groups excluding carboxylic acids is 1. The quantitative estimate of drug-likeness (QED) is 0.359. The largest absolute Gasteiger partial charge is 0.436 e. The molecule has 0 aromatic heterocycles. The molecule has 3 unspecified atom stereocenters. The first kappa shape index (κ1) is 20.8. The van der Waals surface area contributed by atoms with Crippen LogP contribution in [0.1, 0.15) is 46.0 Å². The first-order valence-electron chi connectivity index (χ1n) is 8.30. The summed E-state index contributed by atoms with van der Waals surface area (Å²) in [6, 6.07) is 8.53. The molecule has 2 N–H and O–H groups in total. The van der Waals surface area contributed by atoms with Gasteiger partial charge in [0.1, 0.15) is 0 Å². The molecule has 0 saturated carbocycles. The maximum atomic E-state index is 13.2. The fraction of sp³-hybridized carbons (Fsp3) is 0.588. The van der Waals surface area contributed by atoms with Gasteiger partial charge in [-0.2, -0.15) is 0 Å². The second-order valence-electron chi connectivity index (χ2n) is 5.56. The molecule has 0 bridgehead atoms. The van der Waals surface area contributed by atoms with Gasteiger partial charge in [-0.3, -0.25) is 13.9 Å². The number of hydrogen-bond acceptors (Lipinski definition) is 6. The normalized spacial score (nSPS) is 16.2. The van der Waals surface area contributed by atoms with Gasteiger partial charge < -0.3 is 14.9 Å². The Morgan fingerprint density at radius 1 is 1.08 bits per heavy atom. The first-order chi connectivity index (χ1) is 11.4. The maximum Gasteiger partial charge on any atom is 0.308 e. The molecule has 136 valence electrons. The second kappa shape index (κ2) is 10.6. The molecule has 0 aliphatic rings. The number of ether oxygens (including phenoxy) is 1. The van der Waals surface area contributed by atoms with Crippen LogP contribution in [0.4, 0.5) is 0 Å². The molecule has 3 atom stereocenters. The number of benzene rings is 1. The van der Waals surface area contributed by atoms with Gasteiger partial charge in [0.25, 0.3) is 0 Å². The molecular formula is C17H27O6P. The Kier molecular flexibility index (Phi) is 9.22. The summed E-state index contributed by atoms with van der Waals surface area (Å²) < 4.78 is 23.4. The third-order valence-corrected chi connectivity index (χ3v) is 5.87. The summed E-state index contributed by atoms with van der Waals surface area (Å²) in [7, 11) is -3.40. The second-order valence-corrected chi connectivity index (χ2v) is 8.09. The first-order valence-corrected chi connectivity index (χ1v) is 10.1. The molecule has 6 nitrogen and oxygen atoms in total. The third kappa shape index (κ3) is 7.14. The average Bonchev–Trinajstić information content (AvgIpc) is 2.54. The minimum atomic E-state index is -3.40. The molecular weight excluding hydrogens is 331 g/mol. The van der Waals surface area contributed by atoms with Crippen molar-refractivity contribution >= 4 is 18.6 Å². The SMILES string of the molecule is CCCC(O)OC(=O)CCP(=O)(OC(O)CCC)c1ccccc1. The smallest absolute Gasteiger partial charge is 0.308 e. The summed E-state index contributed by atoms with van der Waals surface area (Å²) in [6.45, 7) is 3.75. The summed E-state index contributed by atoms with van der Waals surface area (Å²) >= 11 is 0. The molecule has 1 rings (SSSR count). The predicted octanol–water partition coefficient (Wildman–Crippen LogP) is 2.78. The summed E-state index contributed by atoms with van der Waals surface area (Å²) in [4.78, 5) is 11.8. The van der Waals surface area contributed by atoms with Crippen LogP contribution in [0.25, 0.3) is 0 Å². The lowest BCUT2D eigenvalue weighted by Gasteiger charge is -2.22. The number of aliphatic hydroxyl groups is 2. The lowest BCUT2D eigenvalue weighted by molar-refractivity contribution is -0.168. The van der Waals surface area contributed by atoms with E-state index in [-0.39, 0.29) is 12.6 Å². The van der Waals surface area contributed by atoms with E-state index in [1.54, 1.807) is 30.3 Å². The minimum Gasteiger partial charge on any atom is -0.436 e. The summed E-state index contributed by atoms with van der Waals surface area (Å²) in [6.07, 6.45) is -0.469. The van der Waals surface area contributed by atoms with E-state index < -0.39 is 25.9 Å². The number of hydrogen-bond donors (Lipinski definition) is 2. The molecule has 1 aromatic rings. The van der Waals surface area contributed by atoms with Crippen molar-refractivity contribution in [1.29, 1.82) is 0 Å². The van der Waals surface area contributed by atoms with Gasteiger partial charge in [-0.15, -0.1) is 0 Å². The van der Waals surface area contributed by atoms with E-state index in [1.165, 1.54) is 0 Å². The lowest BCUT2D eigenvalue weighted by Crippen LogP contribution is -2.21. The van der Waals surface area contributed by atoms with Crippen LogP contribution in [-0.4, -0.2) is 34.9 Å². The summed E-state index contributed by atoms with van der Waals surface area (Å²) in [5.41, 5.74) is 0. The lowest BCUT2D eigenvalue weighted by atomic mass is 10.3. The molecule has 0 saturated heterocycles. The topological polar surface area (TPSA) is 93.1 Å². The molecule has 24 heavy (non-hydrogen) atoms. The highest BCUT2D eigenvalue weighted by Crippen LogP contribution is 2.47. The van der Waals surface area contributed by atoms with E-state index in [2.05, 4.69) is 0 Å². The van der Waals surface area contributed by atoms with Gasteiger partial charge in [0.15, 0.2) is 6.29 Å². The van der Waals surface area contributed by atoms with E-state index in [0.29, 0.717) is 31.0 Å². The van der Waals surface area contributed by atoms with Crippen molar-refractivity contribution in [3.05, 3.63) is 30.3 Å². The minimum absolute atomic E-state index is 0.0878. The van der Waals surface area contributed by atoms with Crippen LogP contribution in [-0.2, 0) is 18.6 Å². The molecule has 0 fully saturated rings. The van der Waals surface area contributed by atoms with Crippen LogP contribution in [0, 0.1) is 0 Å². The van der Waals surface area contributed by atoms with Crippen molar-refractivity contribution in [3.8, 4) is 0 Å². The average molecular weight is 358 g/mol. The van der Waals surface area contributed by atoms with Crippen LogP contribution >= 0.6 is 7.37 Å². The summed E-state index contributed by atoms with van der Waals surface area (Å²) in [5.74, 6) is -0.638. The van der Waals surface area contributed by atoms with Gasteiger partial charge >= 0.3 is 5.97 Å². The van der Waals surface area contributed by atoms with Crippen LogP contribution in [0.15, 0.2) is 30.3 Å². The third-order valence-electron chi connectivity index (χ3n) is 3.39. The van der Waals surface area contributed by atoms with E-state index in [0.717, 1.165) is 0 Å². The van der Waals surface area contributed by atoms with E-state index in [9.17, 15) is 19.6 Å². The zero-order valence-corrected chi connectivity index (χ0v) is 15.2. The predicted molar refractivity (Wildman–Crippen MR) is 92.2 cm³/mol. The molecule has 0 heterocycles. The van der Waals surface area contributed by atoms with Crippen molar-refractivity contribution in [3.63, 3.8) is 0 Å². The Morgan fingerprint density at radius 2 is 1.67 bits per heavy atom. The highest BCUT2D eigenvalue weighted by Gasteiger charge is 2.30. The Hall–Kier alpha value is -1.20. The van der Waals surface area contributed by atoms with E-state index in [1.807, 2.05) is 13.8 Å². The number of aliphatic hydroxyl groups excluding tert-OH is 2. The molecule has 7 heteroatoms. The molecule has 0 amide bonds. The number of esters is 1.